The van der Waals surface area contributed by atoms with Gasteiger partial charge in [0, 0.05) is 111 Å². The van der Waals surface area contributed by atoms with Crippen LogP contribution in [-0.2, 0) is 17.8 Å². The standard InChI is InChI=1S/C43H46FN11O4S/c1-26-32(41(58)49-42-46-14-23-60-42)7-8-33(37(26)44)38-36(39(45)57)40-47-34-9-6-31(24-28(34)12-18-55(40)50-38)53-21-19-51(20-22-53)25-27-10-15-52(16-11-27)29-2-4-30(5-3-29)54-17-13-35(56)48-43(54)59/h2-9,14,23-24,27,47H,10-13,15-22,25H2,1H3,(H2,45,57)(H,46,49,58)(H,48,56,59). The lowest BCUT2D eigenvalue weighted by Crippen LogP contribution is -2.49. The summed E-state index contributed by atoms with van der Waals surface area (Å²) >= 11 is 1.26. The number of aromatic nitrogens is 3. The summed E-state index contributed by atoms with van der Waals surface area (Å²) in [6.45, 7) is 9.26. The molecule has 60 heavy (non-hydrogen) atoms. The number of nitrogens with zero attached hydrogens (tertiary/aromatic N) is 7. The van der Waals surface area contributed by atoms with Gasteiger partial charge in [-0.25, -0.2) is 18.9 Å². The number of urea groups is 1. The van der Waals surface area contributed by atoms with Crippen LogP contribution in [0.2, 0.25) is 0 Å². The summed E-state index contributed by atoms with van der Waals surface area (Å²) < 4.78 is 17.7. The molecule has 0 bridgehead atoms. The molecule has 0 aliphatic carbocycles. The van der Waals surface area contributed by atoms with Crippen LogP contribution in [0.25, 0.3) is 11.3 Å². The molecule has 3 fully saturated rings. The maximum absolute atomic E-state index is 16.0. The Hall–Kier alpha value is -6.33. The number of anilines is 6. The van der Waals surface area contributed by atoms with E-state index in [0.29, 0.717) is 42.8 Å². The second-order valence-corrected chi connectivity index (χ2v) is 16.7. The number of aryl methyl sites for hydroxylation is 2. The molecule has 310 valence electrons. The normalized spacial score (nSPS) is 17.4. The SMILES string of the molecule is Cc1c(C(=O)Nc2nccs2)ccc(-c2nn3c(c2C(N)=O)Nc2ccc(N4CCN(CC5CCN(c6ccc(N7CCC(=O)NC7=O)cc6)CC5)CC4)cc2CC3)c1F. The van der Waals surface area contributed by atoms with Crippen molar-refractivity contribution in [2.75, 3.05) is 77.7 Å². The van der Waals surface area contributed by atoms with Crippen LogP contribution in [0.4, 0.5) is 42.9 Å². The maximum atomic E-state index is 16.0. The third kappa shape index (κ3) is 7.77. The van der Waals surface area contributed by atoms with Crippen molar-refractivity contribution in [3.05, 3.63) is 94.2 Å². The van der Waals surface area contributed by atoms with Crippen LogP contribution >= 0.6 is 11.3 Å². The van der Waals surface area contributed by atoms with Crippen LogP contribution in [0, 0.1) is 18.7 Å². The Balaban J connectivity index is 0.800. The lowest BCUT2D eigenvalue weighted by Gasteiger charge is -2.40. The fourth-order valence-electron chi connectivity index (χ4n) is 8.78. The third-order valence-corrected chi connectivity index (χ3v) is 12.8. The molecular formula is C43H46FN11O4S. The Morgan fingerprint density at radius 1 is 0.883 bits per heavy atom. The number of nitrogens with one attached hydrogen (secondary N) is 3. The molecule has 6 heterocycles. The molecule has 4 aliphatic rings. The van der Waals surface area contributed by atoms with Gasteiger partial charge in [-0.05, 0) is 97.8 Å². The molecule has 5 amide bonds. The maximum Gasteiger partial charge on any atom is 0.328 e. The Morgan fingerprint density at radius 2 is 1.62 bits per heavy atom. The summed E-state index contributed by atoms with van der Waals surface area (Å²) in [6.07, 6.45) is 4.77. The molecule has 5 aromatic rings. The van der Waals surface area contributed by atoms with E-state index in [9.17, 15) is 19.2 Å². The van der Waals surface area contributed by atoms with Crippen molar-refractivity contribution in [3.63, 3.8) is 0 Å². The molecule has 3 aromatic carbocycles. The molecule has 9 rings (SSSR count). The fraction of sp³-hybridized carbons (Fsp3) is 0.349. The van der Waals surface area contributed by atoms with E-state index in [1.807, 2.05) is 18.2 Å². The number of primary amides is 1. The Labute approximate surface area is 350 Å². The largest absolute Gasteiger partial charge is 0.372 e. The number of amides is 5. The molecule has 0 saturated carbocycles. The van der Waals surface area contributed by atoms with Crippen molar-refractivity contribution in [2.45, 2.75) is 39.2 Å². The van der Waals surface area contributed by atoms with Gasteiger partial charge >= 0.3 is 6.03 Å². The van der Waals surface area contributed by atoms with Crippen LogP contribution in [0.5, 0.6) is 0 Å². The van der Waals surface area contributed by atoms with Gasteiger partial charge in [-0.2, -0.15) is 5.10 Å². The zero-order chi connectivity index (χ0) is 41.5. The first-order valence-corrected chi connectivity index (χ1v) is 21.2. The summed E-state index contributed by atoms with van der Waals surface area (Å²) in [4.78, 5) is 62.7. The van der Waals surface area contributed by atoms with Gasteiger partial charge in [0.2, 0.25) is 5.91 Å². The van der Waals surface area contributed by atoms with Crippen LogP contribution in [0.1, 0.15) is 51.1 Å². The molecule has 4 aliphatic heterocycles. The van der Waals surface area contributed by atoms with E-state index in [-0.39, 0.29) is 39.9 Å². The first kappa shape index (κ1) is 39.1. The number of piperazine rings is 1. The number of thiazole rings is 1. The van der Waals surface area contributed by atoms with Gasteiger partial charge in [0.1, 0.15) is 22.9 Å². The van der Waals surface area contributed by atoms with Crippen LogP contribution in [0.15, 0.2) is 66.2 Å². The summed E-state index contributed by atoms with van der Waals surface area (Å²) in [6, 6.07) is 17.0. The number of rotatable bonds is 9. The fourth-order valence-corrected chi connectivity index (χ4v) is 9.30. The van der Waals surface area contributed by atoms with E-state index >= 15 is 4.39 Å². The highest BCUT2D eigenvalue weighted by Crippen LogP contribution is 2.38. The number of halogens is 1. The molecule has 15 nitrogen and oxygen atoms in total. The van der Waals surface area contributed by atoms with E-state index in [2.05, 4.69) is 59.9 Å². The monoisotopic (exact) mass is 831 g/mol. The van der Waals surface area contributed by atoms with E-state index in [4.69, 9.17) is 10.8 Å². The number of nitrogens with two attached hydrogens (primary N) is 1. The first-order chi connectivity index (χ1) is 29.1. The number of piperidine rings is 1. The Kier molecular flexibility index (Phi) is 10.7. The number of fused-ring (bicyclic) bond motifs is 2. The lowest BCUT2D eigenvalue weighted by molar-refractivity contribution is -0.120. The van der Waals surface area contributed by atoms with Crippen LogP contribution in [0.3, 0.4) is 0 Å². The lowest BCUT2D eigenvalue weighted by atomic mass is 9.95. The van der Waals surface area contributed by atoms with E-state index in [1.54, 1.807) is 21.2 Å². The van der Waals surface area contributed by atoms with Gasteiger partial charge in [-0.15, -0.1) is 11.3 Å². The number of carbonyl (C=O) groups is 4. The summed E-state index contributed by atoms with van der Waals surface area (Å²) in [7, 11) is 0. The van der Waals surface area contributed by atoms with E-state index in [0.717, 1.165) is 87.0 Å². The quantitative estimate of drug-likeness (QED) is 0.147. The second-order valence-electron chi connectivity index (χ2n) is 15.8. The van der Waals surface area contributed by atoms with Gasteiger partial charge in [0.25, 0.3) is 11.8 Å². The molecule has 0 radical (unpaired) electrons. The summed E-state index contributed by atoms with van der Waals surface area (Å²) in [5.74, 6) is -1.05. The summed E-state index contributed by atoms with van der Waals surface area (Å²) in [5, 5.41) is 15.3. The van der Waals surface area contributed by atoms with Crippen molar-refractivity contribution >= 4 is 68.8 Å². The number of imide groups is 1. The second kappa shape index (κ2) is 16.4. The summed E-state index contributed by atoms with van der Waals surface area (Å²) in [5.41, 5.74) is 11.5. The number of hydrogen-bond donors (Lipinski definition) is 4. The number of carbonyl (C=O) groups excluding carboxylic acids is 4. The van der Waals surface area contributed by atoms with E-state index in [1.165, 1.54) is 30.4 Å². The average molecular weight is 832 g/mol. The van der Waals surface area contributed by atoms with Crippen LogP contribution in [-0.4, -0.2) is 95.8 Å². The van der Waals surface area contributed by atoms with Gasteiger partial charge in [0.05, 0.1) is 0 Å². The van der Waals surface area contributed by atoms with Crippen molar-refractivity contribution in [2.24, 2.45) is 11.7 Å². The smallest absolute Gasteiger partial charge is 0.328 e. The molecule has 3 saturated heterocycles. The predicted molar refractivity (Wildman–Crippen MR) is 230 cm³/mol. The molecular weight excluding hydrogens is 786 g/mol. The van der Waals surface area contributed by atoms with Crippen molar-refractivity contribution in [1.82, 2.24) is 25.0 Å². The molecule has 5 N–H and O–H groups in total. The zero-order valence-electron chi connectivity index (χ0n) is 33.2. The van der Waals surface area contributed by atoms with Gasteiger partial charge in [0.15, 0.2) is 5.13 Å². The van der Waals surface area contributed by atoms with Crippen molar-refractivity contribution in [3.8, 4) is 11.3 Å². The number of benzene rings is 3. The highest BCUT2D eigenvalue weighted by atomic mass is 32.1. The third-order valence-electron chi connectivity index (χ3n) is 12.1. The minimum atomic E-state index is -0.735. The Morgan fingerprint density at radius 3 is 2.33 bits per heavy atom. The van der Waals surface area contributed by atoms with E-state index < -0.39 is 17.6 Å². The molecule has 2 aromatic heterocycles. The van der Waals surface area contributed by atoms with Gasteiger partial charge in [-0.1, -0.05) is 0 Å². The Bertz CT molecular complexity index is 2460. The van der Waals surface area contributed by atoms with Gasteiger partial charge in [-0.3, -0.25) is 34.8 Å². The average Bonchev–Trinajstić information content (AvgIpc) is 3.85. The minimum absolute atomic E-state index is 0.0870. The topological polar surface area (TPSA) is 174 Å². The molecule has 0 spiro atoms. The minimum Gasteiger partial charge on any atom is -0.372 e. The number of hydrogen-bond acceptors (Lipinski definition) is 11. The first-order valence-electron chi connectivity index (χ1n) is 20.3. The van der Waals surface area contributed by atoms with Crippen molar-refractivity contribution < 1.29 is 23.6 Å². The molecule has 17 heteroatoms. The highest BCUT2D eigenvalue weighted by molar-refractivity contribution is 7.13. The highest BCUT2D eigenvalue weighted by Gasteiger charge is 2.30. The van der Waals surface area contributed by atoms with Crippen molar-refractivity contribution in [1.29, 1.82) is 0 Å². The van der Waals surface area contributed by atoms with Crippen LogP contribution < -0.4 is 36.4 Å². The molecule has 0 unspecified atom stereocenters. The predicted octanol–water partition coefficient (Wildman–Crippen LogP) is 5.59. The molecule has 0 atom stereocenters. The van der Waals surface area contributed by atoms with Gasteiger partial charge < -0.3 is 20.9 Å². The zero-order valence-corrected chi connectivity index (χ0v) is 34.1.